The zero-order chi connectivity index (χ0) is 20.3. The predicted octanol–water partition coefficient (Wildman–Crippen LogP) is 4.97. The summed E-state index contributed by atoms with van der Waals surface area (Å²) in [6.45, 7) is 3.61. The van der Waals surface area contributed by atoms with Crippen LogP contribution in [0, 0.1) is 0 Å². The number of carboxylic acids is 1. The Balaban J connectivity index is 3.45. The van der Waals surface area contributed by atoms with Gasteiger partial charge in [0.05, 0.1) is 6.10 Å². The summed E-state index contributed by atoms with van der Waals surface area (Å²) < 4.78 is 0. The van der Waals surface area contributed by atoms with Crippen LogP contribution in [0.1, 0.15) is 104 Å². The van der Waals surface area contributed by atoms with Crippen LogP contribution >= 0.6 is 0 Å². The van der Waals surface area contributed by atoms with E-state index in [9.17, 15) is 14.7 Å². The first-order chi connectivity index (χ1) is 13.0. The summed E-state index contributed by atoms with van der Waals surface area (Å²) in [7, 11) is 0. The van der Waals surface area contributed by atoms with Gasteiger partial charge < -0.3 is 15.5 Å². The summed E-state index contributed by atoms with van der Waals surface area (Å²) in [6, 6.07) is -1.22. The maximum atomic E-state index is 11.7. The first-order valence-electron chi connectivity index (χ1n) is 10.8. The van der Waals surface area contributed by atoms with Gasteiger partial charge in [-0.05, 0) is 39.0 Å². The molecule has 27 heavy (non-hydrogen) atoms. The molecule has 0 aromatic rings. The normalized spacial score (nSPS) is 13.6. The molecular weight excluding hydrogens is 342 g/mol. The molecule has 0 saturated heterocycles. The van der Waals surface area contributed by atoms with E-state index < -0.39 is 18.1 Å². The van der Waals surface area contributed by atoms with Gasteiger partial charge in [0, 0.05) is 6.42 Å². The van der Waals surface area contributed by atoms with Gasteiger partial charge in [0.15, 0.2) is 6.04 Å². The number of carbonyl (C=O) groups is 2. The maximum absolute atomic E-state index is 11.7. The lowest BCUT2D eigenvalue weighted by Crippen LogP contribution is -2.47. The number of aliphatic carboxylic acids is 1. The zero-order valence-corrected chi connectivity index (χ0v) is 17.4. The lowest BCUT2D eigenvalue weighted by molar-refractivity contribution is -0.144. The number of carboxylic acid groups (broad SMARTS) is 1. The van der Waals surface area contributed by atoms with Crippen molar-refractivity contribution in [2.24, 2.45) is 0 Å². The van der Waals surface area contributed by atoms with Crippen LogP contribution in [0.2, 0.25) is 0 Å². The number of allylic oxidation sites excluding steroid dienone is 2. The number of rotatable bonds is 18. The smallest absolute Gasteiger partial charge is 0.328 e. The van der Waals surface area contributed by atoms with Crippen molar-refractivity contribution in [2.75, 3.05) is 0 Å². The molecule has 0 saturated carbocycles. The molecule has 0 aromatic heterocycles. The Morgan fingerprint density at radius 3 is 1.81 bits per heavy atom. The molecule has 0 bridgehead atoms. The van der Waals surface area contributed by atoms with Gasteiger partial charge in [-0.1, -0.05) is 70.4 Å². The van der Waals surface area contributed by atoms with Gasteiger partial charge in [-0.3, -0.25) is 4.79 Å². The third-order valence-corrected chi connectivity index (χ3v) is 4.73. The quantitative estimate of drug-likeness (QED) is 0.230. The average Bonchev–Trinajstić information content (AvgIpc) is 2.62. The van der Waals surface area contributed by atoms with Crippen molar-refractivity contribution in [2.45, 2.75) is 116 Å². The van der Waals surface area contributed by atoms with Crippen LogP contribution in [0.25, 0.3) is 0 Å². The predicted molar refractivity (Wildman–Crippen MR) is 111 cm³/mol. The van der Waals surface area contributed by atoms with Crippen LogP contribution in [-0.4, -0.2) is 34.2 Å². The monoisotopic (exact) mass is 383 g/mol. The van der Waals surface area contributed by atoms with Crippen LogP contribution in [-0.2, 0) is 9.59 Å². The molecule has 0 spiro atoms. The molecular formula is C22H41NO4. The highest BCUT2D eigenvalue weighted by molar-refractivity contribution is 5.83. The molecule has 0 aromatic carbocycles. The van der Waals surface area contributed by atoms with E-state index in [1.54, 1.807) is 0 Å². The van der Waals surface area contributed by atoms with Crippen LogP contribution < -0.4 is 5.32 Å². The van der Waals surface area contributed by atoms with E-state index in [4.69, 9.17) is 5.11 Å². The zero-order valence-electron chi connectivity index (χ0n) is 17.4. The van der Waals surface area contributed by atoms with Gasteiger partial charge >= 0.3 is 5.97 Å². The van der Waals surface area contributed by atoms with E-state index >= 15 is 0 Å². The molecule has 0 radical (unpaired) electrons. The Morgan fingerprint density at radius 2 is 1.33 bits per heavy atom. The lowest BCUT2D eigenvalue weighted by Gasteiger charge is -2.16. The molecule has 2 unspecified atom stereocenters. The highest BCUT2D eigenvalue weighted by Gasteiger charge is 2.24. The van der Waals surface area contributed by atoms with E-state index in [2.05, 4.69) is 24.4 Å². The van der Waals surface area contributed by atoms with Crippen molar-refractivity contribution >= 4 is 11.9 Å². The summed E-state index contributed by atoms with van der Waals surface area (Å²) in [5, 5.41) is 20.6. The minimum atomic E-state index is -1.22. The van der Waals surface area contributed by atoms with Gasteiger partial charge in [-0.15, -0.1) is 0 Å². The third-order valence-electron chi connectivity index (χ3n) is 4.73. The highest BCUT2D eigenvalue weighted by Crippen LogP contribution is 2.10. The fourth-order valence-corrected chi connectivity index (χ4v) is 2.99. The largest absolute Gasteiger partial charge is 0.480 e. The van der Waals surface area contributed by atoms with Crippen molar-refractivity contribution in [1.29, 1.82) is 0 Å². The number of aliphatic hydroxyl groups is 1. The van der Waals surface area contributed by atoms with Crippen molar-refractivity contribution in [3.8, 4) is 0 Å². The topological polar surface area (TPSA) is 86.6 Å². The summed E-state index contributed by atoms with van der Waals surface area (Å²) >= 11 is 0. The molecule has 0 aliphatic rings. The van der Waals surface area contributed by atoms with Gasteiger partial charge in [-0.25, -0.2) is 4.79 Å². The number of hydrogen-bond acceptors (Lipinski definition) is 3. The summed E-state index contributed by atoms with van der Waals surface area (Å²) in [5.41, 5.74) is 0. The Labute approximate surface area is 165 Å². The molecule has 0 aliphatic carbocycles. The molecule has 1 amide bonds. The minimum absolute atomic E-state index is 0.305. The SMILES string of the molecule is CCCCCCCC/C=C/CCCCCCCC(=O)NC(C(=O)O)C(C)O. The molecule has 0 rings (SSSR count). The minimum Gasteiger partial charge on any atom is -0.480 e. The fraction of sp³-hybridized carbons (Fsp3) is 0.818. The second-order valence-electron chi connectivity index (χ2n) is 7.46. The molecule has 3 N–H and O–H groups in total. The van der Waals surface area contributed by atoms with Crippen LogP contribution in [0.3, 0.4) is 0 Å². The first kappa shape index (κ1) is 25.6. The van der Waals surface area contributed by atoms with Gasteiger partial charge in [0.1, 0.15) is 0 Å². The first-order valence-corrected chi connectivity index (χ1v) is 10.8. The fourth-order valence-electron chi connectivity index (χ4n) is 2.99. The van der Waals surface area contributed by atoms with Crippen molar-refractivity contribution < 1.29 is 19.8 Å². The molecule has 158 valence electrons. The van der Waals surface area contributed by atoms with Crippen molar-refractivity contribution in [3.05, 3.63) is 12.2 Å². The second kappa shape index (κ2) is 18.0. The molecule has 0 fully saturated rings. The van der Waals surface area contributed by atoms with E-state index in [0.29, 0.717) is 6.42 Å². The van der Waals surface area contributed by atoms with Gasteiger partial charge in [0.2, 0.25) is 5.91 Å². The summed E-state index contributed by atoms with van der Waals surface area (Å²) in [6.07, 6.45) is 19.4. The summed E-state index contributed by atoms with van der Waals surface area (Å²) in [4.78, 5) is 22.6. The second-order valence-corrected chi connectivity index (χ2v) is 7.46. The van der Waals surface area contributed by atoms with Crippen molar-refractivity contribution in [3.63, 3.8) is 0 Å². The standard InChI is InChI=1S/C22H41NO4/c1-3-4-5-6-7-8-9-10-11-12-13-14-15-16-17-18-20(25)23-21(19(2)24)22(26)27/h10-11,19,21,24H,3-9,12-18H2,1-2H3,(H,23,25)(H,26,27)/b11-10+. The number of unbranched alkanes of at least 4 members (excludes halogenated alkanes) is 11. The van der Waals surface area contributed by atoms with E-state index in [1.807, 2.05) is 0 Å². The van der Waals surface area contributed by atoms with Crippen LogP contribution in [0.4, 0.5) is 0 Å². The number of nitrogens with one attached hydrogen (secondary N) is 1. The number of aliphatic hydroxyl groups excluding tert-OH is 1. The van der Waals surface area contributed by atoms with E-state index in [-0.39, 0.29) is 5.91 Å². The number of carbonyl (C=O) groups excluding carboxylic acids is 1. The Kier molecular flexibility index (Phi) is 17.1. The maximum Gasteiger partial charge on any atom is 0.328 e. The Hall–Kier alpha value is -1.36. The Morgan fingerprint density at radius 1 is 0.852 bits per heavy atom. The van der Waals surface area contributed by atoms with E-state index in [1.165, 1.54) is 58.3 Å². The lowest BCUT2D eigenvalue weighted by atomic mass is 10.1. The number of amides is 1. The van der Waals surface area contributed by atoms with E-state index in [0.717, 1.165) is 32.1 Å². The summed E-state index contributed by atoms with van der Waals surface area (Å²) in [5.74, 6) is -1.51. The van der Waals surface area contributed by atoms with Gasteiger partial charge in [0.25, 0.3) is 0 Å². The Bertz CT molecular complexity index is 407. The average molecular weight is 384 g/mol. The highest BCUT2D eigenvalue weighted by atomic mass is 16.4. The number of hydrogen-bond donors (Lipinski definition) is 3. The van der Waals surface area contributed by atoms with Crippen molar-refractivity contribution in [1.82, 2.24) is 5.32 Å². The van der Waals surface area contributed by atoms with Gasteiger partial charge in [-0.2, -0.15) is 0 Å². The molecule has 2 atom stereocenters. The van der Waals surface area contributed by atoms with Crippen LogP contribution in [0.15, 0.2) is 12.2 Å². The molecule has 0 heterocycles. The molecule has 5 nitrogen and oxygen atoms in total. The molecule has 5 heteroatoms. The third kappa shape index (κ3) is 16.5. The van der Waals surface area contributed by atoms with Crippen LogP contribution in [0.5, 0.6) is 0 Å². The molecule has 0 aliphatic heterocycles.